The van der Waals surface area contributed by atoms with Gasteiger partial charge in [-0.2, -0.15) is 0 Å². The van der Waals surface area contributed by atoms with E-state index in [1.54, 1.807) is 0 Å². The lowest BCUT2D eigenvalue weighted by Crippen LogP contribution is -2.59. The van der Waals surface area contributed by atoms with Crippen LogP contribution in [0.1, 0.15) is 38.5 Å². The van der Waals surface area contributed by atoms with Crippen LogP contribution in [0.2, 0.25) is 0 Å². The zero-order chi connectivity index (χ0) is 14.0. The molecule has 0 bridgehead atoms. The maximum absolute atomic E-state index is 12.2. The lowest BCUT2D eigenvalue weighted by Gasteiger charge is -2.42. The van der Waals surface area contributed by atoms with Gasteiger partial charge in [0.05, 0.1) is 12.0 Å². The molecule has 19 heavy (non-hydrogen) atoms. The lowest BCUT2D eigenvalue weighted by molar-refractivity contribution is -0.139. The third kappa shape index (κ3) is 2.80. The molecule has 1 heterocycles. The summed E-state index contributed by atoms with van der Waals surface area (Å²) >= 11 is 0. The summed E-state index contributed by atoms with van der Waals surface area (Å²) in [5.74, 6) is -1.43. The molecule has 1 aliphatic heterocycles. The molecule has 0 radical (unpaired) electrons. The number of carboxylic acids is 1. The number of rotatable bonds is 4. The van der Waals surface area contributed by atoms with E-state index in [4.69, 9.17) is 10.8 Å². The molecule has 0 aromatic heterocycles. The largest absolute Gasteiger partial charge is 0.481 e. The Morgan fingerprint density at radius 1 is 1.32 bits per heavy atom. The van der Waals surface area contributed by atoms with Crippen molar-refractivity contribution in [1.82, 2.24) is 10.2 Å². The fourth-order valence-electron chi connectivity index (χ4n) is 2.84. The van der Waals surface area contributed by atoms with E-state index in [-0.39, 0.29) is 12.5 Å². The molecular weight excluding hydrogens is 250 g/mol. The number of nitrogens with one attached hydrogen (secondary N) is 1. The second-order valence-corrected chi connectivity index (χ2v) is 5.39. The molecule has 4 N–H and O–H groups in total. The molecule has 7 heteroatoms. The Morgan fingerprint density at radius 3 is 2.47 bits per heavy atom. The van der Waals surface area contributed by atoms with Crippen molar-refractivity contribution in [2.45, 2.75) is 50.1 Å². The first-order valence-corrected chi connectivity index (χ1v) is 6.53. The maximum Gasteiger partial charge on any atom is 0.318 e. The molecule has 3 amide bonds. The van der Waals surface area contributed by atoms with E-state index in [9.17, 15) is 14.4 Å². The number of primary amides is 1. The van der Waals surface area contributed by atoms with Crippen molar-refractivity contribution in [2.24, 2.45) is 5.73 Å². The van der Waals surface area contributed by atoms with E-state index in [0.29, 0.717) is 25.8 Å². The Labute approximate surface area is 111 Å². The first kappa shape index (κ1) is 13.6. The quantitative estimate of drug-likeness (QED) is 0.668. The molecule has 0 spiro atoms. The van der Waals surface area contributed by atoms with E-state index in [1.807, 2.05) is 0 Å². The maximum atomic E-state index is 12.2. The molecule has 106 valence electrons. The van der Waals surface area contributed by atoms with Gasteiger partial charge in [0, 0.05) is 6.54 Å². The van der Waals surface area contributed by atoms with Gasteiger partial charge in [-0.25, -0.2) is 4.79 Å². The highest BCUT2D eigenvalue weighted by Gasteiger charge is 2.43. The highest BCUT2D eigenvalue weighted by atomic mass is 16.4. The van der Waals surface area contributed by atoms with Gasteiger partial charge in [0.25, 0.3) is 0 Å². The zero-order valence-corrected chi connectivity index (χ0v) is 10.7. The molecule has 2 aliphatic rings. The van der Waals surface area contributed by atoms with Crippen molar-refractivity contribution >= 4 is 17.9 Å². The van der Waals surface area contributed by atoms with Crippen molar-refractivity contribution in [3.05, 3.63) is 0 Å². The topological polar surface area (TPSA) is 113 Å². The van der Waals surface area contributed by atoms with Gasteiger partial charge in [0.1, 0.15) is 6.04 Å². The summed E-state index contributed by atoms with van der Waals surface area (Å²) in [5.41, 5.74) is 4.62. The Hall–Kier alpha value is -1.79. The summed E-state index contributed by atoms with van der Waals surface area (Å²) in [6.07, 6.45) is 3.49. The molecule has 1 saturated carbocycles. The smallest absolute Gasteiger partial charge is 0.318 e. The third-order valence-electron chi connectivity index (χ3n) is 4.01. The molecule has 0 aromatic rings. The summed E-state index contributed by atoms with van der Waals surface area (Å²) in [6, 6.07) is -0.941. The number of amides is 3. The predicted molar refractivity (Wildman–Crippen MR) is 66.3 cm³/mol. The number of carboxylic acid groups (broad SMARTS) is 1. The normalized spacial score (nSPS) is 24.6. The van der Waals surface area contributed by atoms with Crippen LogP contribution in [-0.2, 0) is 9.59 Å². The predicted octanol–water partition coefficient (Wildman–Crippen LogP) is 0.0431. The second-order valence-electron chi connectivity index (χ2n) is 5.39. The summed E-state index contributed by atoms with van der Waals surface area (Å²) in [4.78, 5) is 35.7. The summed E-state index contributed by atoms with van der Waals surface area (Å²) in [7, 11) is 0. The first-order valence-electron chi connectivity index (χ1n) is 6.53. The SMILES string of the molecule is NC(=O)C1CCCN1C(=O)NC1(CC(=O)O)CCC1. The Bertz CT molecular complexity index is 406. The van der Waals surface area contributed by atoms with Gasteiger partial charge in [0.2, 0.25) is 5.91 Å². The van der Waals surface area contributed by atoms with Crippen LogP contribution in [0.5, 0.6) is 0 Å². The fraction of sp³-hybridized carbons (Fsp3) is 0.750. The summed E-state index contributed by atoms with van der Waals surface area (Å²) < 4.78 is 0. The van der Waals surface area contributed by atoms with E-state index in [0.717, 1.165) is 12.8 Å². The molecular formula is C12H19N3O4. The first-order chi connectivity index (χ1) is 8.93. The number of aliphatic carboxylic acids is 1. The van der Waals surface area contributed by atoms with Crippen molar-refractivity contribution in [1.29, 1.82) is 0 Å². The fourth-order valence-corrected chi connectivity index (χ4v) is 2.84. The zero-order valence-electron chi connectivity index (χ0n) is 10.7. The Morgan fingerprint density at radius 2 is 2.00 bits per heavy atom. The number of nitrogens with zero attached hydrogens (tertiary/aromatic N) is 1. The van der Waals surface area contributed by atoms with E-state index < -0.39 is 23.5 Å². The molecule has 0 aromatic carbocycles. The van der Waals surface area contributed by atoms with Crippen LogP contribution in [-0.4, -0.2) is 46.0 Å². The molecule has 2 rings (SSSR count). The van der Waals surface area contributed by atoms with Crippen LogP contribution >= 0.6 is 0 Å². The molecule has 1 aliphatic carbocycles. The van der Waals surface area contributed by atoms with Crippen molar-refractivity contribution in [2.75, 3.05) is 6.54 Å². The van der Waals surface area contributed by atoms with Crippen molar-refractivity contribution in [3.63, 3.8) is 0 Å². The van der Waals surface area contributed by atoms with E-state index in [1.165, 1.54) is 4.90 Å². The summed E-state index contributed by atoms with van der Waals surface area (Å²) in [5, 5.41) is 11.7. The van der Waals surface area contributed by atoms with Crippen LogP contribution in [0.15, 0.2) is 0 Å². The Balaban J connectivity index is 2.00. The van der Waals surface area contributed by atoms with E-state index in [2.05, 4.69) is 5.32 Å². The number of likely N-dealkylation sites (tertiary alicyclic amines) is 1. The molecule has 1 atom stereocenters. The van der Waals surface area contributed by atoms with Crippen LogP contribution in [0.25, 0.3) is 0 Å². The van der Waals surface area contributed by atoms with Crippen molar-refractivity contribution < 1.29 is 19.5 Å². The van der Waals surface area contributed by atoms with Crippen molar-refractivity contribution in [3.8, 4) is 0 Å². The number of carbonyl (C=O) groups is 3. The minimum Gasteiger partial charge on any atom is -0.481 e. The number of carbonyl (C=O) groups excluding carboxylic acids is 2. The average Bonchev–Trinajstić information content (AvgIpc) is 2.74. The highest BCUT2D eigenvalue weighted by Crippen LogP contribution is 2.35. The molecule has 7 nitrogen and oxygen atoms in total. The van der Waals surface area contributed by atoms with Crippen LogP contribution in [0.4, 0.5) is 4.79 Å². The number of nitrogens with two attached hydrogens (primary N) is 1. The van der Waals surface area contributed by atoms with Gasteiger partial charge in [-0.3, -0.25) is 9.59 Å². The van der Waals surface area contributed by atoms with Gasteiger partial charge in [-0.1, -0.05) is 0 Å². The minimum atomic E-state index is -0.923. The minimum absolute atomic E-state index is 0.0756. The standard InChI is InChI=1S/C12H19N3O4/c13-10(18)8-3-1-6-15(8)11(19)14-12(4-2-5-12)7-9(16)17/h8H,1-7H2,(H2,13,18)(H,14,19)(H,16,17). The number of hydrogen-bond acceptors (Lipinski definition) is 3. The summed E-state index contributed by atoms with van der Waals surface area (Å²) in [6.45, 7) is 0.489. The van der Waals surface area contributed by atoms with Crippen LogP contribution in [0.3, 0.4) is 0 Å². The highest BCUT2D eigenvalue weighted by molar-refractivity contribution is 5.87. The lowest BCUT2D eigenvalue weighted by atomic mass is 9.74. The third-order valence-corrected chi connectivity index (χ3v) is 4.01. The van der Waals surface area contributed by atoms with Crippen LogP contribution < -0.4 is 11.1 Å². The van der Waals surface area contributed by atoms with Gasteiger partial charge >= 0.3 is 12.0 Å². The van der Waals surface area contributed by atoms with Gasteiger partial charge in [-0.05, 0) is 32.1 Å². The second kappa shape index (κ2) is 5.07. The number of urea groups is 1. The van der Waals surface area contributed by atoms with Gasteiger partial charge < -0.3 is 21.1 Å². The monoisotopic (exact) mass is 269 g/mol. The number of hydrogen-bond donors (Lipinski definition) is 3. The molecule has 1 unspecified atom stereocenters. The molecule has 2 fully saturated rings. The Kier molecular flexibility index (Phi) is 3.64. The van der Waals surface area contributed by atoms with Gasteiger partial charge in [0.15, 0.2) is 0 Å². The van der Waals surface area contributed by atoms with E-state index >= 15 is 0 Å². The van der Waals surface area contributed by atoms with Gasteiger partial charge in [-0.15, -0.1) is 0 Å². The average molecular weight is 269 g/mol. The molecule has 1 saturated heterocycles. The van der Waals surface area contributed by atoms with Crippen LogP contribution in [0, 0.1) is 0 Å².